The van der Waals surface area contributed by atoms with Crippen LogP contribution in [0.1, 0.15) is 38.2 Å². The van der Waals surface area contributed by atoms with Gasteiger partial charge in [-0.15, -0.1) is 6.58 Å². The van der Waals surface area contributed by atoms with Crippen molar-refractivity contribution in [3.05, 3.63) is 66.7 Å². The highest BCUT2D eigenvalue weighted by molar-refractivity contribution is 6.00. The predicted molar refractivity (Wildman–Crippen MR) is 141 cm³/mol. The third kappa shape index (κ3) is 5.65. The van der Waals surface area contributed by atoms with Gasteiger partial charge >= 0.3 is 0 Å². The fourth-order valence-electron chi connectivity index (χ4n) is 5.46. The lowest BCUT2D eigenvalue weighted by atomic mass is 9.75. The SMILES string of the molecule is C=CC(Cc1ccc(OC)cc1)N(C(C)=O)C1(C(=O)Nc2ccc(OC)cc2)CCC2(CC1)OCCO2. The molecular weight excluding hydrogens is 472 g/mol. The number of amides is 2. The van der Waals surface area contributed by atoms with Crippen molar-refractivity contribution in [1.29, 1.82) is 0 Å². The van der Waals surface area contributed by atoms with Gasteiger partial charge in [0, 0.05) is 25.5 Å². The molecule has 1 aliphatic heterocycles. The lowest BCUT2D eigenvalue weighted by molar-refractivity contribution is -0.197. The van der Waals surface area contributed by atoms with Gasteiger partial charge in [0.1, 0.15) is 17.0 Å². The quantitative estimate of drug-likeness (QED) is 0.507. The van der Waals surface area contributed by atoms with Gasteiger partial charge in [-0.1, -0.05) is 18.2 Å². The van der Waals surface area contributed by atoms with Crippen molar-refractivity contribution in [1.82, 2.24) is 4.90 Å². The van der Waals surface area contributed by atoms with Crippen molar-refractivity contribution in [3.8, 4) is 11.5 Å². The fourth-order valence-corrected chi connectivity index (χ4v) is 5.46. The largest absolute Gasteiger partial charge is 0.497 e. The molecule has 2 aromatic rings. The van der Waals surface area contributed by atoms with Crippen LogP contribution in [-0.4, -0.2) is 61.5 Å². The molecule has 1 saturated carbocycles. The highest BCUT2D eigenvalue weighted by Gasteiger charge is 2.54. The second-order valence-corrected chi connectivity index (χ2v) is 9.57. The monoisotopic (exact) mass is 508 g/mol. The molecule has 0 radical (unpaired) electrons. The van der Waals surface area contributed by atoms with E-state index in [0.717, 1.165) is 11.3 Å². The molecule has 1 unspecified atom stereocenters. The molecule has 0 aromatic heterocycles. The number of rotatable bonds is 9. The van der Waals surface area contributed by atoms with Crippen LogP contribution in [0.15, 0.2) is 61.2 Å². The lowest BCUT2D eigenvalue weighted by Crippen LogP contribution is -2.64. The summed E-state index contributed by atoms with van der Waals surface area (Å²) in [6.45, 7) is 6.63. The number of ether oxygens (including phenoxy) is 4. The molecule has 1 aliphatic carbocycles. The first kappa shape index (κ1) is 26.7. The number of carbonyl (C=O) groups is 2. The molecule has 198 valence electrons. The van der Waals surface area contributed by atoms with Gasteiger partial charge in [0.15, 0.2) is 5.79 Å². The van der Waals surface area contributed by atoms with Gasteiger partial charge in [-0.3, -0.25) is 9.59 Å². The molecule has 2 aliphatic rings. The number of benzene rings is 2. The Hall–Kier alpha value is -3.36. The number of methoxy groups -OCH3 is 2. The summed E-state index contributed by atoms with van der Waals surface area (Å²) in [5, 5.41) is 3.06. The lowest BCUT2D eigenvalue weighted by Gasteiger charge is -2.50. The van der Waals surface area contributed by atoms with Crippen LogP contribution in [0.4, 0.5) is 5.69 Å². The molecular formula is C29H36N2O6. The first-order chi connectivity index (χ1) is 17.8. The van der Waals surface area contributed by atoms with Gasteiger partial charge < -0.3 is 29.2 Å². The van der Waals surface area contributed by atoms with Gasteiger partial charge in [-0.05, 0) is 61.2 Å². The van der Waals surface area contributed by atoms with Crippen LogP contribution in [0.25, 0.3) is 0 Å². The number of carbonyl (C=O) groups excluding carboxylic acids is 2. The Kier molecular flexibility index (Phi) is 8.19. The standard InChI is InChI=1S/C29H36N2O6/c1-5-24(20-22-6-10-25(34-3)11-7-22)31(21(2)32)28(14-16-29(17-15-28)36-18-19-37-29)27(33)30-23-8-12-26(35-4)13-9-23/h5-13,24H,1,14-20H2,2-4H3,(H,30,33). The van der Waals surface area contributed by atoms with E-state index in [2.05, 4.69) is 11.9 Å². The summed E-state index contributed by atoms with van der Waals surface area (Å²) >= 11 is 0. The summed E-state index contributed by atoms with van der Waals surface area (Å²) in [6.07, 6.45) is 4.10. The summed E-state index contributed by atoms with van der Waals surface area (Å²) < 4.78 is 22.4. The van der Waals surface area contributed by atoms with E-state index in [1.54, 1.807) is 49.5 Å². The van der Waals surface area contributed by atoms with Gasteiger partial charge in [0.05, 0.1) is 33.5 Å². The average molecular weight is 509 g/mol. The second kappa shape index (κ2) is 11.4. The topological polar surface area (TPSA) is 86.3 Å². The Morgan fingerprint density at radius 3 is 2.00 bits per heavy atom. The third-order valence-corrected chi connectivity index (χ3v) is 7.43. The normalized spacial score (nSPS) is 18.6. The minimum absolute atomic E-state index is 0.187. The minimum atomic E-state index is -1.10. The molecule has 8 nitrogen and oxygen atoms in total. The molecule has 1 N–H and O–H groups in total. The van der Waals surface area contributed by atoms with Crippen molar-refractivity contribution in [2.75, 3.05) is 32.8 Å². The molecule has 0 bridgehead atoms. The van der Waals surface area contributed by atoms with Crippen molar-refractivity contribution >= 4 is 17.5 Å². The molecule has 1 saturated heterocycles. The molecule has 4 rings (SSSR count). The molecule has 2 aromatic carbocycles. The Balaban J connectivity index is 1.66. The van der Waals surface area contributed by atoms with Gasteiger partial charge in [-0.2, -0.15) is 0 Å². The maximum Gasteiger partial charge on any atom is 0.250 e. The maximum absolute atomic E-state index is 14.1. The number of hydrogen-bond acceptors (Lipinski definition) is 6. The summed E-state index contributed by atoms with van der Waals surface area (Å²) in [5.74, 6) is 0.340. The number of nitrogens with zero attached hydrogens (tertiary/aromatic N) is 1. The molecule has 1 atom stereocenters. The number of hydrogen-bond donors (Lipinski definition) is 1. The predicted octanol–water partition coefficient (Wildman–Crippen LogP) is 4.34. The molecule has 2 fully saturated rings. The molecule has 1 heterocycles. The van der Waals surface area contributed by atoms with Crippen molar-refractivity contribution in [3.63, 3.8) is 0 Å². The third-order valence-electron chi connectivity index (χ3n) is 7.43. The first-order valence-corrected chi connectivity index (χ1v) is 12.6. The Labute approximate surface area is 218 Å². The van der Waals surface area contributed by atoms with Crippen LogP contribution in [0, 0.1) is 0 Å². The van der Waals surface area contributed by atoms with Crippen LogP contribution < -0.4 is 14.8 Å². The molecule has 37 heavy (non-hydrogen) atoms. The zero-order chi connectivity index (χ0) is 26.5. The zero-order valence-electron chi connectivity index (χ0n) is 21.8. The van der Waals surface area contributed by atoms with Gasteiger partial charge in [0.2, 0.25) is 11.8 Å². The van der Waals surface area contributed by atoms with E-state index in [-0.39, 0.29) is 11.8 Å². The van der Waals surface area contributed by atoms with E-state index in [1.165, 1.54) is 6.92 Å². The summed E-state index contributed by atoms with van der Waals surface area (Å²) in [5.41, 5.74) is 0.544. The van der Waals surface area contributed by atoms with Crippen LogP contribution >= 0.6 is 0 Å². The van der Waals surface area contributed by atoms with Crippen LogP contribution in [0.3, 0.4) is 0 Å². The van der Waals surface area contributed by atoms with Crippen molar-refractivity contribution < 1.29 is 28.5 Å². The van der Waals surface area contributed by atoms with Crippen molar-refractivity contribution in [2.45, 2.75) is 56.4 Å². The summed E-state index contributed by atoms with van der Waals surface area (Å²) in [4.78, 5) is 29.1. The number of anilines is 1. The first-order valence-electron chi connectivity index (χ1n) is 12.6. The van der Waals surface area contributed by atoms with Gasteiger partial charge in [-0.25, -0.2) is 0 Å². The van der Waals surface area contributed by atoms with Crippen molar-refractivity contribution in [2.24, 2.45) is 0 Å². The van der Waals surface area contributed by atoms with E-state index >= 15 is 0 Å². The second-order valence-electron chi connectivity index (χ2n) is 9.57. The molecule has 8 heteroatoms. The Morgan fingerprint density at radius 1 is 0.973 bits per heavy atom. The van der Waals surface area contributed by atoms with E-state index in [0.29, 0.717) is 56.8 Å². The van der Waals surface area contributed by atoms with E-state index in [4.69, 9.17) is 18.9 Å². The fraction of sp³-hybridized carbons (Fsp3) is 0.448. The highest BCUT2D eigenvalue weighted by Crippen LogP contribution is 2.44. The van der Waals surface area contributed by atoms with Gasteiger partial charge in [0.25, 0.3) is 0 Å². The van der Waals surface area contributed by atoms with E-state index < -0.39 is 17.4 Å². The maximum atomic E-state index is 14.1. The van der Waals surface area contributed by atoms with Crippen LogP contribution in [-0.2, 0) is 25.5 Å². The molecule has 1 spiro atoms. The number of nitrogens with one attached hydrogen (secondary N) is 1. The van der Waals surface area contributed by atoms with Crippen LogP contribution in [0.2, 0.25) is 0 Å². The average Bonchev–Trinajstić information content (AvgIpc) is 3.38. The minimum Gasteiger partial charge on any atom is -0.497 e. The van der Waals surface area contributed by atoms with E-state index in [9.17, 15) is 9.59 Å². The van der Waals surface area contributed by atoms with E-state index in [1.807, 2.05) is 24.3 Å². The molecule has 2 amide bonds. The highest BCUT2D eigenvalue weighted by atomic mass is 16.7. The Morgan fingerprint density at radius 2 is 1.51 bits per heavy atom. The zero-order valence-corrected chi connectivity index (χ0v) is 21.8. The smallest absolute Gasteiger partial charge is 0.250 e. The van der Waals surface area contributed by atoms with Crippen LogP contribution in [0.5, 0.6) is 11.5 Å². The summed E-state index contributed by atoms with van der Waals surface area (Å²) in [7, 11) is 3.22. The summed E-state index contributed by atoms with van der Waals surface area (Å²) in [6, 6.07) is 14.5. The Bertz CT molecular complexity index is 1080.